The van der Waals surface area contributed by atoms with Crippen LogP contribution in [-0.2, 0) is 20.0 Å². The van der Waals surface area contributed by atoms with Gasteiger partial charge in [-0.3, -0.25) is 4.57 Å². The van der Waals surface area contributed by atoms with Gasteiger partial charge in [-0.2, -0.15) is 0 Å². The van der Waals surface area contributed by atoms with E-state index in [-0.39, 0.29) is 13.2 Å². The van der Waals surface area contributed by atoms with Gasteiger partial charge in [-0.1, -0.05) is 60.7 Å². The zero-order chi connectivity index (χ0) is 18.8. The highest BCUT2D eigenvalue weighted by Crippen LogP contribution is 2.58. The van der Waals surface area contributed by atoms with E-state index in [1.807, 2.05) is 60.7 Å². The Balaban J connectivity index is 2.29. The predicted molar refractivity (Wildman–Crippen MR) is 106 cm³/mol. The number of hydrogen-bond donors (Lipinski definition) is 1. The van der Waals surface area contributed by atoms with Gasteiger partial charge in [-0.25, -0.2) is 0 Å². The molecule has 1 atom stereocenters. The molecule has 1 unspecified atom stereocenters. The number of hydrogen-bond acceptors (Lipinski definition) is 4. The maximum atomic E-state index is 13.3. The molecule has 5 heteroatoms. The van der Waals surface area contributed by atoms with E-state index >= 15 is 0 Å². The van der Waals surface area contributed by atoms with Crippen LogP contribution in [0.3, 0.4) is 0 Å². The van der Waals surface area contributed by atoms with Gasteiger partial charge in [0.1, 0.15) is 0 Å². The highest BCUT2D eigenvalue weighted by atomic mass is 31.2. The van der Waals surface area contributed by atoms with Crippen LogP contribution in [0.4, 0.5) is 0 Å². The average molecular weight is 374 g/mol. The van der Waals surface area contributed by atoms with Crippen molar-refractivity contribution < 1.29 is 18.7 Å². The van der Waals surface area contributed by atoms with Gasteiger partial charge in [-0.05, 0) is 43.9 Å². The Morgan fingerprint density at radius 2 is 1.54 bits per heavy atom. The zero-order valence-electron chi connectivity index (χ0n) is 15.4. The summed E-state index contributed by atoms with van der Waals surface area (Å²) in [6.07, 6.45) is 1.92. The smallest absolute Gasteiger partial charge is 0.359 e. The van der Waals surface area contributed by atoms with Gasteiger partial charge < -0.3 is 14.2 Å². The first-order chi connectivity index (χ1) is 12.6. The molecular formula is C21H27O4P. The molecule has 0 saturated carbocycles. The normalized spacial score (nSPS) is 13.6. The number of aliphatic hydroxyl groups excluding tert-OH is 1. The van der Waals surface area contributed by atoms with E-state index in [0.717, 1.165) is 11.1 Å². The fraction of sp³-hybridized carbons (Fsp3) is 0.333. The van der Waals surface area contributed by atoms with Crippen LogP contribution in [0.2, 0.25) is 0 Å². The minimum absolute atomic E-state index is 0.245. The van der Waals surface area contributed by atoms with Gasteiger partial charge in [0.2, 0.25) is 0 Å². The van der Waals surface area contributed by atoms with Crippen LogP contribution in [0.25, 0.3) is 6.08 Å². The molecule has 0 spiro atoms. The first-order valence-corrected chi connectivity index (χ1v) is 10.5. The summed E-state index contributed by atoms with van der Waals surface area (Å²) in [5.74, 6) is 0. The Kier molecular flexibility index (Phi) is 8.27. The minimum atomic E-state index is -3.56. The van der Waals surface area contributed by atoms with Crippen LogP contribution in [0.5, 0.6) is 0 Å². The van der Waals surface area contributed by atoms with Crippen LogP contribution in [0.15, 0.2) is 66.0 Å². The second-order valence-corrected chi connectivity index (χ2v) is 7.88. The third-order valence-corrected chi connectivity index (χ3v) is 6.17. The molecule has 0 heterocycles. The van der Waals surface area contributed by atoms with Gasteiger partial charge in [0.25, 0.3) is 0 Å². The molecule has 0 saturated heterocycles. The lowest BCUT2D eigenvalue weighted by atomic mass is 10.1. The average Bonchev–Trinajstić information content (AvgIpc) is 2.66. The van der Waals surface area contributed by atoms with E-state index < -0.39 is 13.7 Å². The lowest BCUT2D eigenvalue weighted by Crippen LogP contribution is -2.15. The maximum absolute atomic E-state index is 13.3. The first-order valence-electron chi connectivity index (χ1n) is 8.97. The topological polar surface area (TPSA) is 55.8 Å². The third kappa shape index (κ3) is 5.93. The van der Waals surface area contributed by atoms with Crippen molar-refractivity contribution in [3.63, 3.8) is 0 Å². The Labute approximate surface area is 156 Å². The fourth-order valence-electron chi connectivity index (χ4n) is 2.70. The fourth-order valence-corrected chi connectivity index (χ4v) is 4.55. The summed E-state index contributed by atoms with van der Waals surface area (Å²) in [6, 6.07) is 19.4. The monoisotopic (exact) mass is 374 g/mol. The van der Waals surface area contributed by atoms with Crippen LogP contribution in [0, 0.1) is 0 Å². The molecule has 0 aliphatic heterocycles. The van der Waals surface area contributed by atoms with Gasteiger partial charge in [0.05, 0.1) is 24.6 Å². The molecule has 0 radical (unpaired) electrons. The van der Waals surface area contributed by atoms with Gasteiger partial charge in [0.15, 0.2) is 0 Å². The number of aliphatic hydroxyl groups is 1. The van der Waals surface area contributed by atoms with Crippen molar-refractivity contribution in [1.29, 1.82) is 0 Å². The highest BCUT2D eigenvalue weighted by molar-refractivity contribution is 7.58. The summed E-state index contributed by atoms with van der Waals surface area (Å²) in [4.78, 5) is 0. The summed E-state index contributed by atoms with van der Waals surface area (Å²) in [6.45, 7) is 4.02. The zero-order valence-corrected chi connectivity index (χ0v) is 16.3. The summed E-state index contributed by atoms with van der Waals surface area (Å²) < 4.78 is 24.3. The lowest BCUT2D eigenvalue weighted by molar-refractivity contribution is 0.185. The number of benzene rings is 2. The van der Waals surface area contributed by atoms with Gasteiger partial charge >= 0.3 is 7.60 Å². The highest BCUT2D eigenvalue weighted by Gasteiger charge is 2.34. The number of rotatable bonds is 10. The van der Waals surface area contributed by atoms with Crippen LogP contribution < -0.4 is 0 Å². The Hall–Kier alpha value is -1.71. The molecule has 0 amide bonds. The molecule has 2 rings (SSSR count). The molecule has 0 aliphatic carbocycles. The van der Waals surface area contributed by atoms with E-state index in [2.05, 4.69) is 0 Å². The lowest BCUT2D eigenvalue weighted by Gasteiger charge is -2.24. The van der Waals surface area contributed by atoms with Gasteiger partial charge in [0, 0.05) is 0 Å². The van der Waals surface area contributed by atoms with Crippen molar-refractivity contribution in [3.8, 4) is 0 Å². The maximum Gasteiger partial charge on any atom is 0.359 e. The quantitative estimate of drug-likeness (QED) is 0.574. The van der Waals surface area contributed by atoms with E-state index in [0.29, 0.717) is 18.2 Å². The van der Waals surface area contributed by atoms with Crippen molar-refractivity contribution in [3.05, 3.63) is 77.1 Å². The Morgan fingerprint density at radius 3 is 2.08 bits per heavy atom. The van der Waals surface area contributed by atoms with Crippen molar-refractivity contribution in [2.75, 3.05) is 13.2 Å². The third-order valence-electron chi connectivity index (χ3n) is 3.92. The summed E-state index contributed by atoms with van der Waals surface area (Å²) in [5, 5.41) is 11.1. The van der Waals surface area contributed by atoms with Crippen molar-refractivity contribution in [2.24, 2.45) is 0 Å². The van der Waals surface area contributed by atoms with E-state index in [1.54, 1.807) is 19.9 Å². The number of aryl methyl sites for hydroxylation is 1. The second-order valence-electron chi connectivity index (χ2n) is 5.85. The second kappa shape index (κ2) is 10.4. The summed E-state index contributed by atoms with van der Waals surface area (Å²) in [7, 11) is -3.56. The predicted octanol–water partition coefficient (Wildman–Crippen LogP) is 5.29. The standard InChI is InChI=1S/C21H27O4P/c1-3-24-26(23,25-4-2)21(17-19-13-9-6-10-14-19)20(22)16-15-18-11-7-5-8-12-18/h5-14,17,20,22H,3-4,15-16H2,1-2H3/b21-17+. The van der Waals surface area contributed by atoms with Crippen LogP contribution in [0.1, 0.15) is 31.4 Å². The molecule has 0 aliphatic rings. The summed E-state index contributed by atoms with van der Waals surface area (Å²) in [5.41, 5.74) is 1.97. The SMILES string of the molecule is CCOP(=O)(OCC)/C(=C/c1ccccc1)C(O)CCc1ccccc1. The van der Waals surface area contributed by atoms with Crippen molar-refractivity contribution in [1.82, 2.24) is 0 Å². The molecule has 2 aromatic rings. The molecule has 2 aromatic carbocycles. The van der Waals surface area contributed by atoms with E-state index in [4.69, 9.17) is 9.05 Å². The minimum Gasteiger partial charge on any atom is -0.388 e. The molecule has 0 bridgehead atoms. The van der Waals surface area contributed by atoms with Crippen LogP contribution >= 0.6 is 7.60 Å². The van der Waals surface area contributed by atoms with E-state index in [9.17, 15) is 9.67 Å². The molecule has 140 valence electrons. The Bertz CT molecular complexity index is 718. The van der Waals surface area contributed by atoms with Crippen molar-refractivity contribution >= 4 is 13.7 Å². The Morgan fingerprint density at radius 1 is 1.00 bits per heavy atom. The van der Waals surface area contributed by atoms with Gasteiger partial charge in [-0.15, -0.1) is 0 Å². The van der Waals surface area contributed by atoms with Crippen molar-refractivity contribution in [2.45, 2.75) is 32.8 Å². The first kappa shape index (κ1) is 20.6. The van der Waals surface area contributed by atoms with E-state index in [1.165, 1.54) is 0 Å². The molecule has 26 heavy (non-hydrogen) atoms. The molecular weight excluding hydrogens is 347 g/mol. The molecule has 1 N–H and O–H groups in total. The summed E-state index contributed by atoms with van der Waals surface area (Å²) >= 11 is 0. The van der Waals surface area contributed by atoms with Crippen LogP contribution in [-0.4, -0.2) is 24.4 Å². The molecule has 0 aromatic heterocycles. The molecule has 4 nitrogen and oxygen atoms in total. The molecule has 0 fully saturated rings. The largest absolute Gasteiger partial charge is 0.388 e.